The van der Waals surface area contributed by atoms with Crippen molar-refractivity contribution in [3.8, 4) is 0 Å². The highest BCUT2D eigenvalue weighted by Crippen LogP contribution is 2.52. The molecule has 1 aliphatic heterocycles. The summed E-state index contributed by atoms with van der Waals surface area (Å²) in [6.45, 7) is 1.85. The number of hydrogen-bond acceptors (Lipinski definition) is 2. The van der Waals surface area contributed by atoms with Crippen LogP contribution in [0.15, 0.2) is 18.2 Å². The van der Waals surface area contributed by atoms with Crippen LogP contribution in [-0.4, -0.2) is 24.2 Å². The number of halogens is 1. The smallest absolute Gasteiger partial charge is 0.303 e. The van der Waals surface area contributed by atoms with Crippen molar-refractivity contribution in [1.29, 1.82) is 0 Å². The van der Waals surface area contributed by atoms with E-state index in [1.54, 1.807) is 12.1 Å². The first kappa shape index (κ1) is 12.6. The lowest BCUT2D eigenvalue weighted by Gasteiger charge is -2.35. The molecule has 1 spiro atoms. The topological polar surface area (TPSA) is 49.3 Å². The monoisotopic (exact) mass is 263 g/mol. The summed E-state index contributed by atoms with van der Waals surface area (Å²) in [7, 11) is 0. The fourth-order valence-electron chi connectivity index (χ4n) is 3.81. The molecule has 0 aromatic heterocycles. The average Bonchev–Trinajstić information content (AvgIpc) is 2.64. The molecule has 1 aromatic carbocycles. The van der Waals surface area contributed by atoms with E-state index in [0.29, 0.717) is 0 Å². The maximum absolute atomic E-state index is 13.6. The fraction of sp³-hybridized carbons (Fsp3) is 0.533. The number of rotatable bonds is 2. The Morgan fingerprint density at radius 2 is 2.16 bits per heavy atom. The van der Waals surface area contributed by atoms with Crippen LogP contribution in [0.25, 0.3) is 0 Å². The van der Waals surface area contributed by atoms with Gasteiger partial charge in [0.25, 0.3) is 0 Å². The highest BCUT2D eigenvalue weighted by molar-refractivity contribution is 5.68. The molecule has 1 heterocycles. The van der Waals surface area contributed by atoms with Crippen molar-refractivity contribution >= 4 is 5.97 Å². The summed E-state index contributed by atoms with van der Waals surface area (Å²) in [6.07, 6.45) is 2.94. The van der Waals surface area contributed by atoms with Crippen LogP contribution in [-0.2, 0) is 10.2 Å². The summed E-state index contributed by atoms with van der Waals surface area (Å²) < 4.78 is 13.6. The van der Waals surface area contributed by atoms with Gasteiger partial charge in [0.15, 0.2) is 0 Å². The zero-order chi connectivity index (χ0) is 13.5. The third-order valence-corrected chi connectivity index (χ3v) is 4.65. The zero-order valence-corrected chi connectivity index (χ0v) is 10.8. The predicted octanol–water partition coefficient (Wildman–Crippen LogP) is 2.41. The molecule has 0 saturated carbocycles. The molecule has 1 fully saturated rings. The number of carbonyl (C=O) groups is 1. The number of piperidine rings is 1. The van der Waals surface area contributed by atoms with E-state index in [2.05, 4.69) is 5.32 Å². The van der Waals surface area contributed by atoms with Gasteiger partial charge in [0.05, 0.1) is 6.42 Å². The van der Waals surface area contributed by atoms with Crippen molar-refractivity contribution in [2.75, 3.05) is 13.1 Å². The summed E-state index contributed by atoms with van der Waals surface area (Å²) in [5.74, 6) is -0.954. The van der Waals surface area contributed by atoms with Crippen LogP contribution in [0, 0.1) is 5.82 Å². The normalized spacial score (nSPS) is 24.4. The number of hydrogen-bond donors (Lipinski definition) is 2. The van der Waals surface area contributed by atoms with Crippen LogP contribution in [0.4, 0.5) is 4.39 Å². The summed E-state index contributed by atoms with van der Waals surface area (Å²) in [5, 5.41) is 12.4. The van der Waals surface area contributed by atoms with Gasteiger partial charge in [-0.1, -0.05) is 6.07 Å². The number of nitrogens with one attached hydrogen (secondary N) is 1. The molecule has 2 N–H and O–H groups in total. The first-order valence-corrected chi connectivity index (χ1v) is 6.83. The minimum atomic E-state index is -0.772. The lowest BCUT2D eigenvalue weighted by molar-refractivity contribution is -0.137. The van der Waals surface area contributed by atoms with Gasteiger partial charge in [-0.3, -0.25) is 4.79 Å². The molecular formula is C15H18FNO2. The molecule has 1 aliphatic carbocycles. The Morgan fingerprint density at radius 1 is 1.42 bits per heavy atom. The molecule has 1 atom stereocenters. The Labute approximate surface area is 111 Å². The number of carboxylic acids is 1. The van der Waals surface area contributed by atoms with E-state index >= 15 is 0 Å². The van der Waals surface area contributed by atoms with Gasteiger partial charge in [-0.25, -0.2) is 4.39 Å². The SMILES string of the molecule is O=C(O)C[C@H]1CC2(CCNCC2)c2cc(F)ccc21. The van der Waals surface area contributed by atoms with Crippen LogP contribution < -0.4 is 5.32 Å². The molecule has 2 aliphatic rings. The van der Waals surface area contributed by atoms with Crippen LogP contribution in [0.1, 0.15) is 42.7 Å². The summed E-state index contributed by atoms with van der Waals surface area (Å²) in [6, 6.07) is 4.87. The second-order valence-electron chi connectivity index (χ2n) is 5.76. The second-order valence-corrected chi connectivity index (χ2v) is 5.76. The quantitative estimate of drug-likeness (QED) is 0.861. The maximum atomic E-state index is 13.6. The van der Waals surface area contributed by atoms with Crippen molar-refractivity contribution in [2.45, 2.75) is 37.0 Å². The molecule has 4 heteroatoms. The van der Waals surface area contributed by atoms with Gasteiger partial charge in [-0.05, 0) is 66.9 Å². The van der Waals surface area contributed by atoms with Gasteiger partial charge < -0.3 is 10.4 Å². The molecule has 1 saturated heterocycles. The molecule has 1 aromatic rings. The standard InChI is InChI=1S/C15H18FNO2/c16-11-1-2-12-10(7-14(18)19)9-15(13(12)8-11)3-5-17-6-4-15/h1-2,8,10,17H,3-7,9H2,(H,18,19)/t10-/m0/s1. The van der Waals surface area contributed by atoms with E-state index < -0.39 is 5.97 Å². The molecule has 0 radical (unpaired) electrons. The average molecular weight is 263 g/mol. The lowest BCUT2D eigenvalue weighted by atomic mass is 9.73. The van der Waals surface area contributed by atoms with Gasteiger partial charge in [-0.15, -0.1) is 0 Å². The molecule has 0 bridgehead atoms. The molecular weight excluding hydrogens is 245 g/mol. The van der Waals surface area contributed by atoms with Gasteiger partial charge in [0.2, 0.25) is 0 Å². The first-order valence-electron chi connectivity index (χ1n) is 6.83. The molecule has 0 amide bonds. The lowest BCUT2D eigenvalue weighted by Crippen LogP contribution is -2.38. The third-order valence-electron chi connectivity index (χ3n) is 4.65. The molecule has 19 heavy (non-hydrogen) atoms. The summed E-state index contributed by atoms with van der Waals surface area (Å²) in [4.78, 5) is 11.0. The number of benzene rings is 1. The molecule has 3 nitrogen and oxygen atoms in total. The Hall–Kier alpha value is -1.42. The highest BCUT2D eigenvalue weighted by atomic mass is 19.1. The second kappa shape index (κ2) is 4.60. The van der Waals surface area contributed by atoms with Crippen molar-refractivity contribution in [3.63, 3.8) is 0 Å². The van der Waals surface area contributed by atoms with Gasteiger partial charge in [0, 0.05) is 0 Å². The van der Waals surface area contributed by atoms with E-state index in [1.807, 2.05) is 0 Å². The maximum Gasteiger partial charge on any atom is 0.303 e. The minimum Gasteiger partial charge on any atom is -0.481 e. The van der Waals surface area contributed by atoms with E-state index in [4.69, 9.17) is 5.11 Å². The van der Waals surface area contributed by atoms with Gasteiger partial charge in [-0.2, -0.15) is 0 Å². The Balaban J connectivity index is 2.02. The number of aliphatic carboxylic acids is 1. The van der Waals surface area contributed by atoms with Crippen LogP contribution in [0.3, 0.4) is 0 Å². The van der Waals surface area contributed by atoms with Crippen molar-refractivity contribution < 1.29 is 14.3 Å². The summed E-state index contributed by atoms with van der Waals surface area (Å²) in [5.41, 5.74) is 2.09. The Morgan fingerprint density at radius 3 is 2.84 bits per heavy atom. The van der Waals surface area contributed by atoms with Crippen molar-refractivity contribution in [3.05, 3.63) is 35.1 Å². The van der Waals surface area contributed by atoms with Gasteiger partial charge >= 0.3 is 5.97 Å². The molecule has 102 valence electrons. The molecule has 0 unspecified atom stereocenters. The highest BCUT2D eigenvalue weighted by Gasteiger charge is 2.44. The number of fused-ring (bicyclic) bond motifs is 2. The van der Waals surface area contributed by atoms with E-state index in [9.17, 15) is 9.18 Å². The Kier molecular flexibility index (Phi) is 3.05. The Bertz CT molecular complexity index is 509. The zero-order valence-electron chi connectivity index (χ0n) is 10.8. The fourth-order valence-corrected chi connectivity index (χ4v) is 3.81. The van der Waals surface area contributed by atoms with Crippen molar-refractivity contribution in [2.24, 2.45) is 0 Å². The van der Waals surface area contributed by atoms with E-state index in [0.717, 1.165) is 43.5 Å². The largest absolute Gasteiger partial charge is 0.481 e. The van der Waals surface area contributed by atoms with E-state index in [-0.39, 0.29) is 23.6 Å². The van der Waals surface area contributed by atoms with Crippen LogP contribution in [0.2, 0.25) is 0 Å². The van der Waals surface area contributed by atoms with Crippen LogP contribution >= 0.6 is 0 Å². The third kappa shape index (κ3) is 2.14. The van der Waals surface area contributed by atoms with E-state index in [1.165, 1.54) is 6.07 Å². The predicted molar refractivity (Wildman–Crippen MR) is 69.8 cm³/mol. The van der Waals surface area contributed by atoms with Crippen LogP contribution in [0.5, 0.6) is 0 Å². The summed E-state index contributed by atoms with van der Waals surface area (Å²) >= 11 is 0. The van der Waals surface area contributed by atoms with Gasteiger partial charge in [0.1, 0.15) is 5.82 Å². The minimum absolute atomic E-state index is 0.0111. The molecule has 3 rings (SSSR count). The van der Waals surface area contributed by atoms with Crippen molar-refractivity contribution in [1.82, 2.24) is 5.32 Å². The number of carboxylic acid groups (broad SMARTS) is 1. The first-order chi connectivity index (χ1) is 9.11.